The standard InChI is InChI=1S/C28H46O3.C2H6/c1-27(2,31)17-5-4-10-24-15-16-25-22(8-6-18-28(24,25)3)13-11-21-12-14-23(9-7-19-29)26(30)20-21;1-2/h9,11,13,24-26,29-31H,4-8,10,12,14-20H2,1-3H3;1-2H3/b21-11-,22-13+,23-9-;. The van der Waals surface area contributed by atoms with E-state index < -0.39 is 5.60 Å². The number of allylic oxidation sites excluding steroid dienone is 3. The molecule has 3 aliphatic rings. The van der Waals surface area contributed by atoms with Gasteiger partial charge in [-0.1, -0.05) is 63.0 Å². The average Bonchev–Trinajstić information content (AvgIpc) is 3.12. The number of hydrogen-bond acceptors (Lipinski definition) is 3. The van der Waals surface area contributed by atoms with Gasteiger partial charge in [-0.15, -0.1) is 0 Å². The third-order valence-electron chi connectivity index (χ3n) is 8.44. The summed E-state index contributed by atoms with van der Waals surface area (Å²) in [5.74, 6) is 1.55. The topological polar surface area (TPSA) is 60.7 Å². The smallest absolute Gasteiger partial charge is 0.0787 e. The molecule has 3 fully saturated rings. The maximum absolute atomic E-state index is 10.5. The van der Waals surface area contributed by atoms with Gasteiger partial charge in [0.05, 0.1) is 11.7 Å². The van der Waals surface area contributed by atoms with Crippen LogP contribution in [0.15, 0.2) is 34.9 Å². The molecule has 0 aliphatic heterocycles. The van der Waals surface area contributed by atoms with E-state index >= 15 is 0 Å². The summed E-state index contributed by atoms with van der Waals surface area (Å²) >= 11 is 0. The quantitative estimate of drug-likeness (QED) is 0.264. The van der Waals surface area contributed by atoms with Crippen LogP contribution in [0.2, 0.25) is 0 Å². The predicted molar refractivity (Wildman–Crippen MR) is 140 cm³/mol. The molecular weight excluding hydrogens is 408 g/mol. The average molecular weight is 461 g/mol. The zero-order valence-electron chi connectivity index (χ0n) is 22.2. The molecule has 0 bridgehead atoms. The molecule has 3 N–H and O–H groups in total. The van der Waals surface area contributed by atoms with Gasteiger partial charge in [0, 0.05) is 6.61 Å². The molecule has 3 nitrogen and oxygen atoms in total. The number of fused-ring (bicyclic) bond motifs is 1. The van der Waals surface area contributed by atoms with Crippen LogP contribution in [0, 0.1) is 17.3 Å². The lowest BCUT2D eigenvalue weighted by molar-refractivity contribution is 0.0659. The van der Waals surface area contributed by atoms with Crippen molar-refractivity contribution >= 4 is 0 Å². The molecule has 4 unspecified atom stereocenters. The normalized spacial score (nSPS) is 33.8. The first-order valence-electron chi connectivity index (χ1n) is 13.8. The van der Waals surface area contributed by atoms with Crippen molar-refractivity contribution in [3.63, 3.8) is 0 Å². The highest BCUT2D eigenvalue weighted by atomic mass is 16.3. The van der Waals surface area contributed by atoms with Crippen molar-refractivity contribution in [2.24, 2.45) is 17.3 Å². The van der Waals surface area contributed by atoms with Crippen molar-refractivity contribution in [2.45, 2.75) is 130 Å². The van der Waals surface area contributed by atoms with E-state index in [-0.39, 0.29) is 12.7 Å². The van der Waals surface area contributed by atoms with Crippen molar-refractivity contribution in [3.8, 4) is 0 Å². The fraction of sp³-hybridized carbons (Fsp3) is 0.800. The molecule has 0 saturated heterocycles. The molecule has 3 rings (SSSR count). The number of aliphatic hydroxyl groups is 3. The Morgan fingerprint density at radius 1 is 1.03 bits per heavy atom. The third kappa shape index (κ3) is 8.08. The van der Waals surface area contributed by atoms with Crippen LogP contribution in [-0.4, -0.2) is 33.6 Å². The monoisotopic (exact) mass is 460 g/mol. The van der Waals surface area contributed by atoms with E-state index in [2.05, 4.69) is 19.1 Å². The molecule has 33 heavy (non-hydrogen) atoms. The van der Waals surface area contributed by atoms with Gasteiger partial charge >= 0.3 is 0 Å². The summed E-state index contributed by atoms with van der Waals surface area (Å²) < 4.78 is 0. The molecule has 4 atom stereocenters. The van der Waals surface area contributed by atoms with Crippen LogP contribution in [0.25, 0.3) is 0 Å². The lowest BCUT2D eigenvalue weighted by Gasteiger charge is -2.42. The Morgan fingerprint density at radius 3 is 2.45 bits per heavy atom. The Kier molecular flexibility index (Phi) is 11.4. The minimum absolute atomic E-state index is 0.158. The molecule has 0 heterocycles. The summed E-state index contributed by atoms with van der Waals surface area (Å²) in [6.07, 6.45) is 20.9. The Bertz CT molecular complexity index is 681. The third-order valence-corrected chi connectivity index (χ3v) is 8.44. The first kappa shape index (κ1) is 28.3. The van der Waals surface area contributed by atoms with Crippen LogP contribution < -0.4 is 0 Å². The van der Waals surface area contributed by atoms with Crippen molar-refractivity contribution in [1.29, 1.82) is 0 Å². The van der Waals surface area contributed by atoms with Gasteiger partial charge in [0.1, 0.15) is 0 Å². The summed E-state index contributed by atoms with van der Waals surface area (Å²) in [6.45, 7) is 10.5. The summed E-state index contributed by atoms with van der Waals surface area (Å²) in [5.41, 5.74) is 4.04. The van der Waals surface area contributed by atoms with Gasteiger partial charge in [0.15, 0.2) is 0 Å². The van der Waals surface area contributed by atoms with Gasteiger partial charge in [-0.3, -0.25) is 0 Å². The van der Waals surface area contributed by atoms with Crippen LogP contribution in [-0.2, 0) is 0 Å². The number of aliphatic hydroxyl groups excluding tert-OH is 2. The molecule has 3 aliphatic carbocycles. The SMILES string of the molecule is CC.CC(C)(O)CCCCC1CCC2/C(=C/C=C3/CC/C(=C/CCO)C(O)C3)CCCC12C. The van der Waals surface area contributed by atoms with Gasteiger partial charge in [0.2, 0.25) is 0 Å². The summed E-state index contributed by atoms with van der Waals surface area (Å²) in [4.78, 5) is 0. The fourth-order valence-corrected chi connectivity index (χ4v) is 6.59. The maximum Gasteiger partial charge on any atom is 0.0787 e. The molecular formula is C30H52O3. The van der Waals surface area contributed by atoms with E-state index in [9.17, 15) is 10.2 Å². The first-order valence-corrected chi connectivity index (χ1v) is 13.8. The van der Waals surface area contributed by atoms with Crippen LogP contribution in [0.1, 0.15) is 118 Å². The molecule has 0 amide bonds. The second-order valence-corrected chi connectivity index (χ2v) is 11.3. The lowest BCUT2D eigenvalue weighted by atomic mass is 9.62. The van der Waals surface area contributed by atoms with Crippen molar-refractivity contribution in [2.75, 3.05) is 6.61 Å². The first-order chi connectivity index (χ1) is 15.7. The Hall–Kier alpha value is -0.900. The largest absolute Gasteiger partial charge is 0.396 e. The summed E-state index contributed by atoms with van der Waals surface area (Å²) in [7, 11) is 0. The van der Waals surface area contributed by atoms with Crippen molar-refractivity contribution < 1.29 is 15.3 Å². The molecule has 0 aromatic rings. The second kappa shape index (κ2) is 13.3. The molecule has 3 heteroatoms. The highest BCUT2D eigenvalue weighted by Gasteiger charge is 2.48. The number of rotatable bonds is 8. The molecule has 0 aromatic heterocycles. The Morgan fingerprint density at radius 2 is 1.79 bits per heavy atom. The molecule has 0 radical (unpaired) electrons. The van der Waals surface area contributed by atoms with Crippen LogP contribution in [0.4, 0.5) is 0 Å². The zero-order chi connectivity index (χ0) is 24.5. The summed E-state index contributed by atoms with van der Waals surface area (Å²) in [5, 5.41) is 29.4. The van der Waals surface area contributed by atoms with Gasteiger partial charge in [0.25, 0.3) is 0 Å². The van der Waals surface area contributed by atoms with E-state index in [1.165, 1.54) is 50.5 Å². The minimum atomic E-state index is -0.529. The second-order valence-electron chi connectivity index (χ2n) is 11.3. The van der Waals surface area contributed by atoms with E-state index in [4.69, 9.17) is 5.11 Å². The Labute approximate surface area is 204 Å². The van der Waals surface area contributed by atoms with Crippen LogP contribution in [0.3, 0.4) is 0 Å². The molecule has 3 saturated carbocycles. The highest BCUT2D eigenvalue weighted by molar-refractivity contribution is 5.28. The predicted octanol–water partition coefficient (Wildman–Crippen LogP) is 7.27. The van der Waals surface area contributed by atoms with Gasteiger partial charge < -0.3 is 15.3 Å². The van der Waals surface area contributed by atoms with E-state index in [1.807, 2.05) is 33.8 Å². The van der Waals surface area contributed by atoms with Crippen LogP contribution in [0.5, 0.6) is 0 Å². The van der Waals surface area contributed by atoms with Crippen LogP contribution >= 0.6 is 0 Å². The minimum Gasteiger partial charge on any atom is -0.396 e. The highest BCUT2D eigenvalue weighted by Crippen LogP contribution is 2.58. The molecule has 0 spiro atoms. The lowest BCUT2D eigenvalue weighted by Crippen LogP contribution is -2.33. The fourth-order valence-electron chi connectivity index (χ4n) is 6.59. The number of unbranched alkanes of at least 4 members (excludes halogenated alkanes) is 1. The maximum atomic E-state index is 10.5. The van der Waals surface area contributed by atoms with Crippen molar-refractivity contribution in [1.82, 2.24) is 0 Å². The molecule has 0 aromatic carbocycles. The van der Waals surface area contributed by atoms with E-state index in [1.54, 1.807) is 5.57 Å². The van der Waals surface area contributed by atoms with Crippen molar-refractivity contribution in [3.05, 3.63) is 34.9 Å². The molecule has 190 valence electrons. The van der Waals surface area contributed by atoms with Gasteiger partial charge in [-0.25, -0.2) is 0 Å². The van der Waals surface area contributed by atoms with Gasteiger partial charge in [-0.05, 0) is 107 Å². The Balaban J connectivity index is 0.00000187. The summed E-state index contributed by atoms with van der Waals surface area (Å²) in [6, 6.07) is 0. The van der Waals surface area contributed by atoms with E-state index in [0.29, 0.717) is 11.8 Å². The zero-order valence-corrected chi connectivity index (χ0v) is 22.2. The number of hydrogen-bond donors (Lipinski definition) is 3. The van der Waals surface area contributed by atoms with E-state index in [0.717, 1.165) is 49.5 Å². The van der Waals surface area contributed by atoms with Gasteiger partial charge in [-0.2, -0.15) is 0 Å².